The normalized spacial score (nSPS) is 10.4. The van der Waals surface area contributed by atoms with Gasteiger partial charge in [0.15, 0.2) is 0 Å². The van der Waals surface area contributed by atoms with E-state index in [2.05, 4.69) is 17.1 Å². The Labute approximate surface area is 93.3 Å². The lowest BCUT2D eigenvalue weighted by Gasteiger charge is -1.96. The Balaban J connectivity index is 2.31. The standard InChI is InChI=1S/C12H12N2O2/c1-3-9-4-6-10(7-5-9)11-13-12(8(2)15)16-14-11/h4-7H,3H2,1-2H3. The van der Waals surface area contributed by atoms with Gasteiger partial charge in [-0.25, -0.2) is 0 Å². The highest BCUT2D eigenvalue weighted by molar-refractivity contribution is 5.89. The maximum Gasteiger partial charge on any atom is 0.294 e. The monoisotopic (exact) mass is 216 g/mol. The molecule has 16 heavy (non-hydrogen) atoms. The third-order valence-electron chi connectivity index (χ3n) is 2.35. The zero-order valence-corrected chi connectivity index (χ0v) is 9.23. The van der Waals surface area contributed by atoms with Crippen LogP contribution < -0.4 is 0 Å². The highest BCUT2D eigenvalue weighted by Gasteiger charge is 2.11. The fraction of sp³-hybridized carbons (Fsp3) is 0.250. The molecule has 4 heteroatoms. The number of hydrogen-bond acceptors (Lipinski definition) is 4. The van der Waals surface area contributed by atoms with Crippen molar-refractivity contribution >= 4 is 5.78 Å². The van der Waals surface area contributed by atoms with Gasteiger partial charge in [0.2, 0.25) is 11.6 Å². The van der Waals surface area contributed by atoms with Gasteiger partial charge >= 0.3 is 0 Å². The summed E-state index contributed by atoms with van der Waals surface area (Å²) >= 11 is 0. The van der Waals surface area contributed by atoms with Crippen molar-refractivity contribution in [2.75, 3.05) is 0 Å². The molecule has 0 spiro atoms. The third-order valence-corrected chi connectivity index (χ3v) is 2.35. The second-order valence-corrected chi connectivity index (χ2v) is 3.53. The Morgan fingerprint density at radius 3 is 2.50 bits per heavy atom. The van der Waals surface area contributed by atoms with Crippen molar-refractivity contribution in [2.45, 2.75) is 20.3 Å². The van der Waals surface area contributed by atoms with E-state index in [-0.39, 0.29) is 11.7 Å². The fourth-order valence-corrected chi connectivity index (χ4v) is 1.37. The maximum atomic E-state index is 11.0. The number of aryl methyl sites for hydroxylation is 1. The number of ketones is 1. The molecule has 0 saturated heterocycles. The first-order valence-electron chi connectivity index (χ1n) is 5.14. The zero-order chi connectivity index (χ0) is 11.5. The fourth-order valence-electron chi connectivity index (χ4n) is 1.37. The number of benzene rings is 1. The molecule has 0 fully saturated rings. The number of carbonyl (C=O) groups excluding carboxylic acids is 1. The first-order chi connectivity index (χ1) is 7.70. The van der Waals surface area contributed by atoms with Gasteiger partial charge in [-0.15, -0.1) is 0 Å². The summed E-state index contributed by atoms with van der Waals surface area (Å²) in [5.41, 5.74) is 2.10. The number of rotatable bonds is 3. The van der Waals surface area contributed by atoms with Gasteiger partial charge in [0.1, 0.15) is 0 Å². The summed E-state index contributed by atoms with van der Waals surface area (Å²) < 4.78 is 4.83. The number of nitrogens with zero attached hydrogens (tertiary/aromatic N) is 2. The van der Waals surface area contributed by atoms with Crippen LogP contribution in [0.4, 0.5) is 0 Å². The van der Waals surface area contributed by atoms with E-state index in [9.17, 15) is 4.79 Å². The first kappa shape index (κ1) is 10.5. The lowest BCUT2D eigenvalue weighted by atomic mass is 10.1. The van der Waals surface area contributed by atoms with Crippen LogP contribution in [0.3, 0.4) is 0 Å². The molecular formula is C12H12N2O2. The van der Waals surface area contributed by atoms with E-state index in [4.69, 9.17) is 4.52 Å². The van der Waals surface area contributed by atoms with Crippen LogP contribution in [0, 0.1) is 0 Å². The van der Waals surface area contributed by atoms with Crippen LogP contribution in [0.5, 0.6) is 0 Å². The summed E-state index contributed by atoms with van der Waals surface area (Å²) in [5, 5.41) is 3.76. The van der Waals surface area contributed by atoms with Crippen molar-refractivity contribution in [1.29, 1.82) is 0 Å². The van der Waals surface area contributed by atoms with Gasteiger partial charge in [-0.2, -0.15) is 4.98 Å². The molecule has 0 aliphatic rings. The molecule has 2 rings (SSSR count). The second kappa shape index (κ2) is 4.26. The molecule has 1 aromatic heterocycles. The number of Topliss-reactive ketones (excluding diaryl/α,β-unsaturated/α-hetero) is 1. The highest BCUT2D eigenvalue weighted by atomic mass is 16.5. The Hall–Kier alpha value is -1.97. The summed E-state index contributed by atoms with van der Waals surface area (Å²) in [6, 6.07) is 7.87. The molecule has 0 radical (unpaired) electrons. The predicted molar refractivity (Wildman–Crippen MR) is 59.1 cm³/mol. The Morgan fingerprint density at radius 2 is 2.00 bits per heavy atom. The van der Waals surface area contributed by atoms with Gasteiger partial charge in [0.05, 0.1) is 0 Å². The maximum absolute atomic E-state index is 11.0. The molecule has 0 atom stereocenters. The second-order valence-electron chi connectivity index (χ2n) is 3.53. The van der Waals surface area contributed by atoms with Crippen LogP contribution in [0.1, 0.15) is 30.1 Å². The molecule has 0 amide bonds. The van der Waals surface area contributed by atoms with Crippen molar-refractivity contribution in [3.05, 3.63) is 35.7 Å². The van der Waals surface area contributed by atoms with Gasteiger partial charge in [0, 0.05) is 12.5 Å². The van der Waals surface area contributed by atoms with Crippen molar-refractivity contribution in [3.8, 4) is 11.4 Å². The lowest BCUT2D eigenvalue weighted by molar-refractivity contribution is 0.0972. The van der Waals surface area contributed by atoms with E-state index in [0.717, 1.165) is 12.0 Å². The summed E-state index contributed by atoms with van der Waals surface area (Å²) in [7, 11) is 0. The van der Waals surface area contributed by atoms with Crippen molar-refractivity contribution in [3.63, 3.8) is 0 Å². The van der Waals surface area contributed by atoms with Crippen LogP contribution in [0.2, 0.25) is 0 Å². The molecule has 82 valence electrons. The minimum Gasteiger partial charge on any atom is -0.330 e. The minimum absolute atomic E-state index is 0.0505. The van der Waals surface area contributed by atoms with Crippen molar-refractivity contribution in [2.24, 2.45) is 0 Å². The first-order valence-corrected chi connectivity index (χ1v) is 5.14. The van der Waals surface area contributed by atoms with E-state index in [1.54, 1.807) is 0 Å². The Morgan fingerprint density at radius 1 is 1.31 bits per heavy atom. The molecule has 0 bridgehead atoms. The van der Waals surface area contributed by atoms with Crippen LogP contribution >= 0.6 is 0 Å². The molecule has 0 unspecified atom stereocenters. The summed E-state index contributed by atoms with van der Waals surface area (Å²) in [6.45, 7) is 3.49. The quantitative estimate of drug-likeness (QED) is 0.739. The summed E-state index contributed by atoms with van der Waals surface area (Å²) in [4.78, 5) is 15.0. The molecular weight excluding hydrogens is 204 g/mol. The van der Waals surface area contributed by atoms with Crippen molar-refractivity contribution < 1.29 is 9.32 Å². The van der Waals surface area contributed by atoms with E-state index < -0.39 is 0 Å². The average molecular weight is 216 g/mol. The number of hydrogen-bond donors (Lipinski definition) is 0. The van der Waals surface area contributed by atoms with Gasteiger partial charge in [-0.1, -0.05) is 36.3 Å². The molecule has 0 aliphatic heterocycles. The number of carbonyl (C=O) groups is 1. The largest absolute Gasteiger partial charge is 0.330 e. The van der Waals surface area contributed by atoms with E-state index in [0.29, 0.717) is 5.82 Å². The smallest absolute Gasteiger partial charge is 0.294 e. The van der Waals surface area contributed by atoms with Crippen LogP contribution in [-0.2, 0) is 6.42 Å². The van der Waals surface area contributed by atoms with Crippen LogP contribution in [0.15, 0.2) is 28.8 Å². The molecule has 1 heterocycles. The summed E-state index contributed by atoms with van der Waals surface area (Å²) in [6.07, 6.45) is 0.991. The SMILES string of the molecule is CCc1ccc(-c2noc(C(C)=O)n2)cc1. The Bertz CT molecular complexity index is 500. The topological polar surface area (TPSA) is 56.0 Å². The average Bonchev–Trinajstić information content (AvgIpc) is 2.78. The molecule has 4 nitrogen and oxygen atoms in total. The number of aromatic nitrogens is 2. The lowest BCUT2D eigenvalue weighted by Crippen LogP contribution is -1.91. The van der Waals surface area contributed by atoms with Gasteiger partial charge in [0.25, 0.3) is 5.89 Å². The van der Waals surface area contributed by atoms with E-state index >= 15 is 0 Å². The third kappa shape index (κ3) is 2.00. The van der Waals surface area contributed by atoms with Gasteiger partial charge < -0.3 is 4.52 Å². The molecule has 0 N–H and O–H groups in total. The molecule has 2 aromatic rings. The van der Waals surface area contributed by atoms with E-state index in [1.807, 2.05) is 24.3 Å². The van der Waals surface area contributed by atoms with Gasteiger partial charge in [-0.05, 0) is 12.0 Å². The highest BCUT2D eigenvalue weighted by Crippen LogP contribution is 2.16. The van der Waals surface area contributed by atoms with Crippen molar-refractivity contribution in [1.82, 2.24) is 10.1 Å². The predicted octanol–water partition coefficient (Wildman–Crippen LogP) is 2.50. The minimum atomic E-state index is -0.219. The summed E-state index contributed by atoms with van der Waals surface area (Å²) in [5.74, 6) is 0.284. The molecule has 0 aliphatic carbocycles. The van der Waals surface area contributed by atoms with E-state index in [1.165, 1.54) is 12.5 Å². The zero-order valence-electron chi connectivity index (χ0n) is 9.23. The molecule has 0 saturated carbocycles. The Kier molecular flexibility index (Phi) is 2.81. The van der Waals surface area contributed by atoms with Gasteiger partial charge in [-0.3, -0.25) is 4.79 Å². The van der Waals surface area contributed by atoms with Crippen LogP contribution in [0.25, 0.3) is 11.4 Å². The molecule has 1 aromatic carbocycles. The van der Waals surface area contributed by atoms with Crippen LogP contribution in [-0.4, -0.2) is 15.9 Å².